The third-order valence-corrected chi connectivity index (χ3v) is 8.04. The average Bonchev–Trinajstić information content (AvgIpc) is 2.90. The molecule has 0 saturated carbocycles. The van der Waals surface area contributed by atoms with Gasteiger partial charge in [0.15, 0.2) is 0 Å². The molecule has 0 aliphatic rings. The van der Waals surface area contributed by atoms with Gasteiger partial charge in [0.25, 0.3) is 10.0 Å². The number of amides is 2. The molecule has 0 unspecified atom stereocenters. The Balaban J connectivity index is 2.11. The molecule has 0 bridgehead atoms. The molecule has 0 radical (unpaired) electrons. The number of nitrogens with zero attached hydrogens (tertiary/aromatic N) is 2. The second kappa shape index (κ2) is 12.1. The van der Waals surface area contributed by atoms with E-state index in [1.807, 2.05) is 31.2 Å². The van der Waals surface area contributed by atoms with E-state index >= 15 is 0 Å². The van der Waals surface area contributed by atoms with E-state index in [9.17, 15) is 18.0 Å². The van der Waals surface area contributed by atoms with Crippen molar-refractivity contribution in [3.05, 3.63) is 88.9 Å². The maximum atomic E-state index is 13.8. The van der Waals surface area contributed by atoms with Crippen LogP contribution in [0.25, 0.3) is 0 Å². The molecule has 10 heteroatoms. The van der Waals surface area contributed by atoms with Crippen LogP contribution in [0.5, 0.6) is 5.75 Å². The van der Waals surface area contributed by atoms with Gasteiger partial charge in [0.1, 0.15) is 18.3 Å². The van der Waals surface area contributed by atoms with Crippen molar-refractivity contribution in [2.45, 2.75) is 31.3 Å². The molecule has 196 valence electrons. The van der Waals surface area contributed by atoms with Crippen LogP contribution >= 0.6 is 11.6 Å². The van der Waals surface area contributed by atoms with Crippen LogP contribution < -0.4 is 14.4 Å². The number of rotatable bonds is 10. The van der Waals surface area contributed by atoms with Gasteiger partial charge in [0, 0.05) is 18.6 Å². The highest BCUT2D eigenvalue weighted by atomic mass is 35.5. The topological polar surface area (TPSA) is 96.0 Å². The van der Waals surface area contributed by atoms with Gasteiger partial charge in [0.2, 0.25) is 11.8 Å². The molecule has 0 spiro atoms. The van der Waals surface area contributed by atoms with Crippen molar-refractivity contribution < 1.29 is 22.7 Å². The first-order valence-electron chi connectivity index (χ1n) is 11.6. The Hall–Kier alpha value is -3.56. The van der Waals surface area contributed by atoms with E-state index in [2.05, 4.69) is 5.32 Å². The number of anilines is 1. The minimum atomic E-state index is -4.22. The largest absolute Gasteiger partial charge is 0.495 e. The average molecular weight is 544 g/mol. The van der Waals surface area contributed by atoms with Crippen LogP contribution in [-0.4, -0.2) is 51.9 Å². The zero-order chi connectivity index (χ0) is 27.2. The summed E-state index contributed by atoms with van der Waals surface area (Å²) in [5, 5.41) is 2.84. The molecule has 1 N–H and O–H groups in total. The van der Waals surface area contributed by atoms with Gasteiger partial charge in [-0.2, -0.15) is 0 Å². The third kappa shape index (κ3) is 6.42. The first-order valence-corrected chi connectivity index (χ1v) is 13.4. The lowest BCUT2D eigenvalue weighted by atomic mass is 10.1. The zero-order valence-electron chi connectivity index (χ0n) is 21.1. The number of aryl methyl sites for hydroxylation is 1. The fraction of sp³-hybridized carbons (Fsp3) is 0.259. The molecule has 8 nitrogen and oxygen atoms in total. The van der Waals surface area contributed by atoms with Crippen LogP contribution in [0.3, 0.4) is 0 Å². The van der Waals surface area contributed by atoms with Crippen LogP contribution in [0.2, 0.25) is 5.02 Å². The normalized spacial score (nSPS) is 11.9. The van der Waals surface area contributed by atoms with Gasteiger partial charge >= 0.3 is 0 Å². The highest BCUT2D eigenvalue weighted by Crippen LogP contribution is 2.35. The molecule has 37 heavy (non-hydrogen) atoms. The van der Waals surface area contributed by atoms with Crippen molar-refractivity contribution in [1.82, 2.24) is 10.2 Å². The number of carbonyl (C=O) groups excluding carboxylic acids is 2. The number of likely N-dealkylation sites (N-methyl/N-ethyl adjacent to an activating group) is 1. The Labute approximate surface area is 222 Å². The van der Waals surface area contributed by atoms with E-state index in [-0.39, 0.29) is 33.8 Å². The molecular weight excluding hydrogens is 514 g/mol. The number of sulfonamides is 1. The standard InChI is InChI=1S/C27H30ClN3O5S/c1-19-10-8-9-11-21(19)17-30(20(2)27(33)29-3)26(32)18-31(24-16-22(28)14-15-25(24)36-4)37(34,35)23-12-6-5-7-13-23/h5-16,20H,17-18H2,1-4H3,(H,29,33)/t20-/m1/s1. The zero-order valence-corrected chi connectivity index (χ0v) is 22.7. The first kappa shape index (κ1) is 28.0. The van der Waals surface area contributed by atoms with E-state index in [0.717, 1.165) is 15.4 Å². The molecule has 2 amide bonds. The third-order valence-electron chi connectivity index (χ3n) is 6.04. The van der Waals surface area contributed by atoms with Gasteiger partial charge in [-0.15, -0.1) is 0 Å². The van der Waals surface area contributed by atoms with E-state index in [1.54, 1.807) is 31.2 Å². The second-order valence-electron chi connectivity index (χ2n) is 8.38. The molecule has 3 rings (SSSR count). The number of methoxy groups -OCH3 is 1. The maximum absolute atomic E-state index is 13.8. The highest BCUT2D eigenvalue weighted by Gasteiger charge is 2.33. The fourth-order valence-corrected chi connectivity index (χ4v) is 5.46. The Bertz CT molecular complexity index is 1370. The summed E-state index contributed by atoms with van der Waals surface area (Å²) >= 11 is 6.22. The van der Waals surface area contributed by atoms with E-state index in [4.69, 9.17) is 16.3 Å². The number of hydrogen-bond acceptors (Lipinski definition) is 5. The first-order chi connectivity index (χ1) is 17.6. The molecule has 3 aromatic carbocycles. The van der Waals surface area contributed by atoms with Crippen molar-refractivity contribution in [1.29, 1.82) is 0 Å². The molecular formula is C27H30ClN3O5S. The Morgan fingerprint density at radius 1 is 1.03 bits per heavy atom. The Kier molecular flexibility index (Phi) is 9.18. The van der Waals surface area contributed by atoms with Crippen molar-refractivity contribution in [3.8, 4) is 5.75 Å². The number of ether oxygens (including phenoxy) is 1. The molecule has 0 fully saturated rings. The molecule has 0 heterocycles. The fourth-order valence-electron chi connectivity index (χ4n) is 3.85. The van der Waals surface area contributed by atoms with Crippen LogP contribution in [0, 0.1) is 6.92 Å². The summed E-state index contributed by atoms with van der Waals surface area (Å²) < 4.78 is 34.0. The van der Waals surface area contributed by atoms with E-state index in [1.165, 1.54) is 43.3 Å². The van der Waals surface area contributed by atoms with Crippen LogP contribution in [0.15, 0.2) is 77.7 Å². The highest BCUT2D eigenvalue weighted by molar-refractivity contribution is 7.92. The summed E-state index contributed by atoms with van der Waals surface area (Å²) in [5.41, 5.74) is 1.88. The summed E-state index contributed by atoms with van der Waals surface area (Å²) in [6.45, 7) is 3.05. The number of hydrogen-bond donors (Lipinski definition) is 1. The minimum Gasteiger partial charge on any atom is -0.495 e. The summed E-state index contributed by atoms with van der Waals surface area (Å²) in [6, 6.07) is 19.0. The number of halogens is 1. The quantitative estimate of drug-likeness (QED) is 0.417. The van der Waals surface area contributed by atoms with Crippen LogP contribution in [0.4, 0.5) is 5.69 Å². The van der Waals surface area contributed by atoms with Crippen LogP contribution in [-0.2, 0) is 26.2 Å². The van der Waals surface area contributed by atoms with Crippen molar-refractivity contribution in [2.75, 3.05) is 25.0 Å². The summed E-state index contributed by atoms with van der Waals surface area (Å²) in [5.74, 6) is -0.720. The predicted molar refractivity (Wildman–Crippen MR) is 144 cm³/mol. The lowest BCUT2D eigenvalue weighted by Gasteiger charge is -2.32. The number of carbonyl (C=O) groups is 2. The van der Waals surface area contributed by atoms with Crippen molar-refractivity contribution >= 4 is 39.1 Å². The Morgan fingerprint density at radius 3 is 2.30 bits per heavy atom. The van der Waals surface area contributed by atoms with Crippen molar-refractivity contribution in [2.24, 2.45) is 0 Å². The molecule has 1 atom stereocenters. The SMILES string of the molecule is CNC(=O)[C@@H](C)N(Cc1ccccc1C)C(=O)CN(c1cc(Cl)ccc1OC)S(=O)(=O)c1ccccc1. The van der Waals surface area contributed by atoms with Crippen LogP contribution in [0.1, 0.15) is 18.1 Å². The molecule has 0 saturated heterocycles. The maximum Gasteiger partial charge on any atom is 0.264 e. The van der Waals surface area contributed by atoms with Gasteiger partial charge < -0.3 is 15.0 Å². The monoisotopic (exact) mass is 543 g/mol. The number of nitrogens with one attached hydrogen (secondary N) is 1. The Morgan fingerprint density at radius 2 is 1.68 bits per heavy atom. The van der Waals surface area contributed by atoms with Gasteiger partial charge in [0.05, 0.1) is 17.7 Å². The lowest BCUT2D eigenvalue weighted by Crippen LogP contribution is -2.50. The minimum absolute atomic E-state index is 0.00497. The van der Waals surface area contributed by atoms with Gasteiger partial charge in [-0.1, -0.05) is 54.1 Å². The van der Waals surface area contributed by atoms with E-state index in [0.29, 0.717) is 0 Å². The van der Waals surface area contributed by atoms with Gasteiger partial charge in [-0.3, -0.25) is 13.9 Å². The lowest BCUT2D eigenvalue weighted by molar-refractivity contribution is -0.139. The summed E-state index contributed by atoms with van der Waals surface area (Å²) in [7, 11) is -1.33. The molecule has 0 aliphatic heterocycles. The van der Waals surface area contributed by atoms with Gasteiger partial charge in [-0.25, -0.2) is 8.42 Å². The molecule has 3 aromatic rings. The smallest absolute Gasteiger partial charge is 0.264 e. The number of benzene rings is 3. The molecule has 0 aliphatic carbocycles. The molecule has 0 aromatic heterocycles. The van der Waals surface area contributed by atoms with Gasteiger partial charge in [-0.05, 0) is 55.3 Å². The summed E-state index contributed by atoms with van der Waals surface area (Å²) in [4.78, 5) is 27.8. The van der Waals surface area contributed by atoms with E-state index < -0.39 is 28.5 Å². The van der Waals surface area contributed by atoms with Crippen molar-refractivity contribution in [3.63, 3.8) is 0 Å². The summed E-state index contributed by atoms with van der Waals surface area (Å²) in [6.07, 6.45) is 0. The second-order valence-corrected chi connectivity index (χ2v) is 10.7. The predicted octanol–water partition coefficient (Wildman–Crippen LogP) is 4.02.